The third-order valence-corrected chi connectivity index (χ3v) is 2.35. The van der Waals surface area contributed by atoms with Crippen molar-refractivity contribution in [2.24, 2.45) is 0 Å². The van der Waals surface area contributed by atoms with Crippen LogP contribution in [-0.2, 0) is 6.42 Å². The molecular formula is C10H14ClNS. The Morgan fingerprint density at radius 3 is 2.62 bits per heavy atom. The van der Waals surface area contributed by atoms with Gasteiger partial charge in [-0.1, -0.05) is 37.6 Å². The fourth-order valence-corrected chi connectivity index (χ4v) is 1.57. The van der Waals surface area contributed by atoms with E-state index in [1.54, 1.807) is 6.07 Å². The van der Waals surface area contributed by atoms with E-state index in [1.165, 1.54) is 0 Å². The second-order valence-corrected chi connectivity index (χ2v) is 5.40. The molecular weight excluding hydrogens is 202 g/mol. The normalized spacial score (nSPS) is 11.7. The lowest BCUT2D eigenvalue weighted by Crippen LogP contribution is -2.14. The molecule has 0 unspecified atom stereocenters. The number of anilines is 1. The molecule has 0 fully saturated rings. The predicted octanol–water partition coefficient (Wildman–Crippen LogP) is 3.17. The largest absolute Gasteiger partial charge is 0.398 e. The molecule has 0 amide bonds. The Morgan fingerprint density at radius 1 is 1.46 bits per heavy atom. The molecule has 0 saturated carbocycles. The molecule has 0 atom stereocenters. The van der Waals surface area contributed by atoms with Crippen LogP contribution >= 0.6 is 24.2 Å². The van der Waals surface area contributed by atoms with Gasteiger partial charge in [0.2, 0.25) is 0 Å². The van der Waals surface area contributed by atoms with Crippen molar-refractivity contribution in [2.45, 2.75) is 25.0 Å². The van der Waals surface area contributed by atoms with Crippen LogP contribution in [0.25, 0.3) is 0 Å². The van der Waals surface area contributed by atoms with Gasteiger partial charge in [-0.3, -0.25) is 0 Å². The number of halogens is 1. The van der Waals surface area contributed by atoms with E-state index in [2.05, 4.69) is 26.5 Å². The van der Waals surface area contributed by atoms with E-state index < -0.39 is 0 Å². The number of benzene rings is 1. The highest BCUT2D eigenvalue weighted by molar-refractivity contribution is 7.81. The average Bonchev–Trinajstić information content (AvgIpc) is 1.96. The van der Waals surface area contributed by atoms with Crippen LogP contribution in [0, 0.1) is 0 Å². The molecule has 1 aromatic carbocycles. The van der Waals surface area contributed by atoms with E-state index in [9.17, 15) is 0 Å². The zero-order valence-electron chi connectivity index (χ0n) is 7.84. The molecule has 0 aliphatic carbocycles. The van der Waals surface area contributed by atoms with Crippen LogP contribution < -0.4 is 5.73 Å². The lowest BCUT2D eigenvalue weighted by Gasteiger charge is -2.18. The first-order valence-electron chi connectivity index (χ1n) is 4.15. The minimum Gasteiger partial charge on any atom is -0.398 e. The van der Waals surface area contributed by atoms with Crippen molar-refractivity contribution in [3.63, 3.8) is 0 Å². The van der Waals surface area contributed by atoms with Gasteiger partial charge in [0, 0.05) is 4.75 Å². The van der Waals surface area contributed by atoms with E-state index in [0.29, 0.717) is 10.7 Å². The number of nitrogens with two attached hydrogens (primary N) is 1. The monoisotopic (exact) mass is 215 g/mol. The van der Waals surface area contributed by atoms with Gasteiger partial charge in [-0.05, 0) is 18.1 Å². The first-order chi connectivity index (χ1) is 5.90. The minimum absolute atomic E-state index is 0.0581. The van der Waals surface area contributed by atoms with E-state index in [4.69, 9.17) is 17.3 Å². The average molecular weight is 216 g/mol. The highest BCUT2D eigenvalue weighted by atomic mass is 35.5. The molecule has 13 heavy (non-hydrogen) atoms. The highest BCUT2D eigenvalue weighted by Crippen LogP contribution is 2.28. The number of thiol groups is 1. The van der Waals surface area contributed by atoms with Crippen LogP contribution in [0.1, 0.15) is 19.4 Å². The fourth-order valence-electron chi connectivity index (χ4n) is 1.20. The fraction of sp³-hybridized carbons (Fsp3) is 0.400. The summed E-state index contributed by atoms with van der Waals surface area (Å²) in [6.45, 7) is 4.10. The quantitative estimate of drug-likeness (QED) is 0.575. The van der Waals surface area contributed by atoms with Gasteiger partial charge < -0.3 is 5.73 Å². The van der Waals surface area contributed by atoms with Crippen molar-refractivity contribution in [2.75, 3.05) is 5.73 Å². The van der Waals surface area contributed by atoms with Crippen LogP contribution in [0.5, 0.6) is 0 Å². The van der Waals surface area contributed by atoms with Gasteiger partial charge in [-0.2, -0.15) is 12.6 Å². The predicted molar refractivity (Wildman–Crippen MR) is 62.6 cm³/mol. The molecule has 0 aliphatic rings. The molecule has 0 aliphatic heterocycles. The van der Waals surface area contributed by atoms with Crippen molar-refractivity contribution in [3.8, 4) is 0 Å². The van der Waals surface area contributed by atoms with Gasteiger partial charge in [0.05, 0.1) is 10.7 Å². The maximum absolute atomic E-state index is 6.04. The second kappa shape index (κ2) is 3.81. The van der Waals surface area contributed by atoms with Crippen LogP contribution in [0.3, 0.4) is 0 Å². The van der Waals surface area contributed by atoms with Gasteiger partial charge in [0.25, 0.3) is 0 Å². The van der Waals surface area contributed by atoms with E-state index in [0.717, 1.165) is 12.0 Å². The topological polar surface area (TPSA) is 26.0 Å². The summed E-state index contributed by atoms with van der Waals surface area (Å²) in [5, 5.41) is 0.657. The number of nitrogen functional groups attached to an aromatic ring is 1. The van der Waals surface area contributed by atoms with Crippen molar-refractivity contribution in [1.29, 1.82) is 0 Å². The molecule has 1 rings (SSSR count). The van der Waals surface area contributed by atoms with E-state index in [1.807, 2.05) is 12.1 Å². The Labute approximate surface area is 89.7 Å². The molecule has 2 N–H and O–H groups in total. The van der Waals surface area contributed by atoms with Crippen molar-refractivity contribution in [1.82, 2.24) is 0 Å². The van der Waals surface area contributed by atoms with Gasteiger partial charge in [-0.15, -0.1) is 0 Å². The summed E-state index contributed by atoms with van der Waals surface area (Å²) in [4.78, 5) is 0. The Morgan fingerprint density at radius 2 is 2.08 bits per heavy atom. The van der Waals surface area contributed by atoms with Crippen molar-refractivity contribution >= 4 is 29.9 Å². The summed E-state index contributed by atoms with van der Waals surface area (Å²) >= 11 is 10.5. The molecule has 3 heteroatoms. The van der Waals surface area contributed by atoms with Crippen molar-refractivity contribution in [3.05, 3.63) is 28.8 Å². The Balaban J connectivity index is 2.96. The van der Waals surface area contributed by atoms with E-state index >= 15 is 0 Å². The third kappa shape index (κ3) is 3.12. The number of hydrogen-bond acceptors (Lipinski definition) is 2. The smallest absolute Gasteiger partial charge is 0.0667 e. The first kappa shape index (κ1) is 10.7. The van der Waals surface area contributed by atoms with Crippen LogP contribution in [0.15, 0.2) is 18.2 Å². The molecule has 0 radical (unpaired) electrons. The zero-order chi connectivity index (χ0) is 10.1. The van der Waals surface area contributed by atoms with Crippen LogP contribution in [-0.4, -0.2) is 4.75 Å². The van der Waals surface area contributed by atoms with Gasteiger partial charge >= 0.3 is 0 Å². The highest BCUT2D eigenvalue weighted by Gasteiger charge is 2.15. The molecule has 72 valence electrons. The van der Waals surface area contributed by atoms with Crippen LogP contribution in [0.2, 0.25) is 5.02 Å². The summed E-state index contributed by atoms with van der Waals surface area (Å²) < 4.78 is -0.0581. The number of hydrogen-bond donors (Lipinski definition) is 2. The summed E-state index contributed by atoms with van der Waals surface area (Å²) in [6.07, 6.45) is 0.819. The third-order valence-electron chi connectivity index (χ3n) is 1.73. The number of rotatable bonds is 2. The SMILES string of the molecule is CC(C)(S)Cc1cccc(N)c1Cl. The summed E-state index contributed by atoms with van der Waals surface area (Å²) in [6, 6.07) is 5.70. The zero-order valence-corrected chi connectivity index (χ0v) is 9.49. The molecule has 0 heterocycles. The Kier molecular flexibility index (Phi) is 3.14. The Bertz CT molecular complexity index is 304. The van der Waals surface area contributed by atoms with Crippen LogP contribution in [0.4, 0.5) is 5.69 Å². The molecule has 1 aromatic rings. The molecule has 0 spiro atoms. The minimum atomic E-state index is -0.0581. The van der Waals surface area contributed by atoms with Gasteiger partial charge in [0.1, 0.15) is 0 Å². The first-order valence-corrected chi connectivity index (χ1v) is 4.98. The van der Waals surface area contributed by atoms with Gasteiger partial charge in [0.15, 0.2) is 0 Å². The lowest BCUT2D eigenvalue weighted by atomic mass is 10.0. The van der Waals surface area contributed by atoms with Gasteiger partial charge in [-0.25, -0.2) is 0 Å². The molecule has 0 aromatic heterocycles. The maximum atomic E-state index is 6.04. The Hall–Kier alpha value is -0.340. The summed E-state index contributed by atoms with van der Waals surface area (Å²) in [7, 11) is 0. The molecule has 1 nitrogen and oxygen atoms in total. The summed E-state index contributed by atoms with van der Waals surface area (Å²) in [5.74, 6) is 0. The molecule has 0 saturated heterocycles. The van der Waals surface area contributed by atoms with E-state index in [-0.39, 0.29) is 4.75 Å². The standard InChI is InChI=1S/C10H14ClNS/c1-10(2,13)6-7-4-3-5-8(12)9(7)11/h3-5,13H,6,12H2,1-2H3. The lowest BCUT2D eigenvalue weighted by molar-refractivity contribution is 0.715. The summed E-state index contributed by atoms with van der Waals surface area (Å²) in [5.41, 5.74) is 7.38. The molecule has 0 bridgehead atoms. The maximum Gasteiger partial charge on any atom is 0.0667 e. The van der Waals surface area contributed by atoms with Crippen molar-refractivity contribution < 1.29 is 0 Å². The second-order valence-electron chi connectivity index (χ2n) is 3.81.